The van der Waals surface area contributed by atoms with Crippen LogP contribution in [0.25, 0.3) is 6.08 Å². The molecule has 0 aromatic heterocycles. The van der Waals surface area contributed by atoms with E-state index in [1.807, 2.05) is 30.4 Å². The van der Waals surface area contributed by atoms with Crippen LogP contribution in [0, 0.1) is 0 Å². The molecule has 0 spiro atoms. The normalized spacial score (nSPS) is 15.3. The van der Waals surface area contributed by atoms with Gasteiger partial charge in [-0.2, -0.15) is 0 Å². The van der Waals surface area contributed by atoms with Gasteiger partial charge in [-0.1, -0.05) is 30.3 Å². The lowest BCUT2D eigenvalue weighted by atomic mass is 10.1. The minimum atomic E-state index is -0.263. The lowest BCUT2D eigenvalue weighted by Gasteiger charge is -2.19. The molecule has 1 aromatic carbocycles. The monoisotopic (exact) mass is 243 g/mol. The maximum Gasteiger partial charge on any atom is 0.335 e. The Labute approximate surface area is 107 Å². The third-order valence-electron chi connectivity index (χ3n) is 3.01. The first kappa shape index (κ1) is 12.6. The van der Waals surface area contributed by atoms with Gasteiger partial charge in [-0.3, -0.25) is 4.90 Å². The second-order valence-corrected chi connectivity index (χ2v) is 4.32. The zero-order valence-electron chi connectivity index (χ0n) is 10.6. The van der Waals surface area contributed by atoms with Crippen LogP contribution in [0.5, 0.6) is 0 Å². The average Bonchev–Trinajstić information content (AvgIpc) is 2.57. The second-order valence-electron chi connectivity index (χ2n) is 4.32. The molecule has 1 aliphatic rings. The molecule has 3 heteroatoms. The highest BCUT2D eigenvalue weighted by Crippen LogP contribution is 2.21. The molecule has 1 aliphatic heterocycles. The Kier molecular flexibility index (Phi) is 3.95. The van der Waals surface area contributed by atoms with Crippen molar-refractivity contribution < 1.29 is 9.53 Å². The van der Waals surface area contributed by atoms with Crippen LogP contribution >= 0.6 is 0 Å². The third-order valence-corrected chi connectivity index (χ3v) is 3.01. The highest BCUT2D eigenvalue weighted by molar-refractivity contribution is 5.94. The molecule has 0 saturated heterocycles. The van der Waals surface area contributed by atoms with Gasteiger partial charge < -0.3 is 4.74 Å². The molecule has 2 rings (SSSR count). The quantitative estimate of drug-likeness (QED) is 0.602. The zero-order valence-corrected chi connectivity index (χ0v) is 10.6. The first-order valence-electron chi connectivity index (χ1n) is 5.94. The van der Waals surface area contributed by atoms with Gasteiger partial charge in [0.25, 0.3) is 0 Å². The standard InChI is InChI=1S/C15H17NO2/c1-3-8-16-10-13-7-5-4-6-12(13)9-14(11-16)15(17)18-2/h3-7,9H,1,8,10-11H2,2H3. The summed E-state index contributed by atoms with van der Waals surface area (Å²) in [5.74, 6) is -0.263. The molecular formula is C15H17NO2. The zero-order chi connectivity index (χ0) is 13.0. The Morgan fingerprint density at radius 3 is 2.94 bits per heavy atom. The van der Waals surface area contributed by atoms with E-state index in [1.165, 1.54) is 12.7 Å². The molecule has 94 valence electrons. The van der Waals surface area contributed by atoms with Crippen molar-refractivity contribution in [1.82, 2.24) is 4.90 Å². The van der Waals surface area contributed by atoms with Crippen molar-refractivity contribution >= 4 is 12.0 Å². The Hall–Kier alpha value is -1.87. The smallest absolute Gasteiger partial charge is 0.335 e. The molecule has 0 unspecified atom stereocenters. The van der Waals surface area contributed by atoms with Gasteiger partial charge in [-0.15, -0.1) is 6.58 Å². The predicted molar refractivity (Wildman–Crippen MR) is 71.9 cm³/mol. The number of methoxy groups -OCH3 is 1. The number of hydrogen-bond acceptors (Lipinski definition) is 3. The number of carbonyl (C=O) groups is 1. The molecule has 0 N–H and O–H groups in total. The molecule has 18 heavy (non-hydrogen) atoms. The summed E-state index contributed by atoms with van der Waals surface area (Å²) in [5.41, 5.74) is 2.99. The molecule has 0 radical (unpaired) electrons. The molecule has 0 fully saturated rings. The van der Waals surface area contributed by atoms with Gasteiger partial charge in [-0.25, -0.2) is 4.79 Å². The Bertz CT molecular complexity index is 491. The number of esters is 1. The summed E-state index contributed by atoms with van der Waals surface area (Å²) >= 11 is 0. The molecule has 0 bridgehead atoms. The molecule has 1 heterocycles. The van der Waals surface area contributed by atoms with E-state index in [-0.39, 0.29) is 5.97 Å². The summed E-state index contributed by atoms with van der Waals surface area (Å²) in [5, 5.41) is 0. The van der Waals surface area contributed by atoms with Crippen LogP contribution in [-0.2, 0) is 16.1 Å². The number of hydrogen-bond donors (Lipinski definition) is 0. The van der Waals surface area contributed by atoms with Crippen LogP contribution in [0.3, 0.4) is 0 Å². The number of rotatable bonds is 3. The molecule has 0 amide bonds. The van der Waals surface area contributed by atoms with E-state index in [4.69, 9.17) is 4.74 Å². The lowest BCUT2D eigenvalue weighted by Crippen LogP contribution is -2.27. The van der Waals surface area contributed by atoms with Crippen LogP contribution in [0.1, 0.15) is 11.1 Å². The van der Waals surface area contributed by atoms with Crippen LogP contribution in [0.4, 0.5) is 0 Å². The van der Waals surface area contributed by atoms with Crippen LogP contribution < -0.4 is 0 Å². The second kappa shape index (κ2) is 5.65. The van der Waals surface area contributed by atoms with Crippen LogP contribution in [-0.4, -0.2) is 31.1 Å². The number of ether oxygens (including phenoxy) is 1. The van der Waals surface area contributed by atoms with E-state index in [1.54, 1.807) is 0 Å². The maximum absolute atomic E-state index is 11.7. The molecule has 0 aliphatic carbocycles. The van der Waals surface area contributed by atoms with Gasteiger partial charge in [0.15, 0.2) is 0 Å². The fourth-order valence-corrected chi connectivity index (χ4v) is 2.16. The molecule has 3 nitrogen and oxygen atoms in total. The minimum absolute atomic E-state index is 0.263. The molecule has 1 aromatic rings. The summed E-state index contributed by atoms with van der Waals surface area (Å²) in [4.78, 5) is 13.9. The van der Waals surface area contributed by atoms with Crippen LogP contribution in [0.2, 0.25) is 0 Å². The van der Waals surface area contributed by atoms with Crippen molar-refractivity contribution in [2.75, 3.05) is 20.2 Å². The molecular weight excluding hydrogens is 226 g/mol. The third kappa shape index (κ3) is 2.68. The summed E-state index contributed by atoms with van der Waals surface area (Å²) in [6.07, 6.45) is 3.77. The fraction of sp³-hybridized carbons (Fsp3) is 0.267. The first-order chi connectivity index (χ1) is 8.74. The first-order valence-corrected chi connectivity index (χ1v) is 5.94. The van der Waals surface area contributed by atoms with Crippen molar-refractivity contribution in [3.8, 4) is 0 Å². The van der Waals surface area contributed by atoms with Crippen molar-refractivity contribution in [3.05, 3.63) is 53.6 Å². The summed E-state index contributed by atoms with van der Waals surface area (Å²) in [7, 11) is 1.41. The van der Waals surface area contributed by atoms with E-state index >= 15 is 0 Å². The number of carbonyl (C=O) groups excluding carboxylic acids is 1. The minimum Gasteiger partial charge on any atom is -0.466 e. The van der Waals surface area contributed by atoms with Crippen molar-refractivity contribution in [2.45, 2.75) is 6.54 Å². The molecule has 0 saturated carbocycles. The topological polar surface area (TPSA) is 29.5 Å². The average molecular weight is 243 g/mol. The van der Waals surface area contributed by atoms with E-state index in [2.05, 4.69) is 17.5 Å². The molecule has 0 atom stereocenters. The fourth-order valence-electron chi connectivity index (χ4n) is 2.16. The highest BCUT2D eigenvalue weighted by atomic mass is 16.5. The van der Waals surface area contributed by atoms with Gasteiger partial charge in [0, 0.05) is 19.6 Å². The summed E-state index contributed by atoms with van der Waals surface area (Å²) < 4.78 is 4.83. The van der Waals surface area contributed by atoms with Crippen molar-refractivity contribution in [1.29, 1.82) is 0 Å². The Balaban J connectivity index is 2.38. The van der Waals surface area contributed by atoms with E-state index in [0.29, 0.717) is 12.1 Å². The number of nitrogens with zero attached hydrogens (tertiary/aromatic N) is 1. The van der Waals surface area contributed by atoms with Crippen molar-refractivity contribution in [2.24, 2.45) is 0 Å². The Morgan fingerprint density at radius 2 is 2.22 bits per heavy atom. The number of fused-ring (bicyclic) bond motifs is 1. The van der Waals surface area contributed by atoms with Crippen molar-refractivity contribution in [3.63, 3.8) is 0 Å². The van der Waals surface area contributed by atoms with E-state index < -0.39 is 0 Å². The van der Waals surface area contributed by atoms with E-state index in [9.17, 15) is 4.79 Å². The highest BCUT2D eigenvalue weighted by Gasteiger charge is 2.19. The summed E-state index contributed by atoms with van der Waals surface area (Å²) in [6.45, 7) is 5.92. The Morgan fingerprint density at radius 1 is 1.44 bits per heavy atom. The summed E-state index contributed by atoms with van der Waals surface area (Å²) in [6, 6.07) is 8.10. The maximum atomic E-state index is 11.7. The predicted octanol–water partition coefficient (Wildman–Crippen LogP) is 2.24. The lowest BCUT2D eigenvalue weighted by molar-refractivity contribution is -0.136. The van der Waals surface area contributed by atoms with Gasteiger partial charge in [-0.05, 0) is 17.2 Å². The SMILES string of the molecule is C=CCN1CC(C(=O)OC)=Cc2ccccc2C1. The van der Waals surface area contributed by atoms with Crippen LogP contribution in [0.15, 0.2) is 42.5 Å². The van der Waals surface area contributed by atoms with E-state index in [0.717, 1.165) is 18.7 Å². The van der Waals surface area contributed by atoms with Gasteiger partial charge in [0.1, 0.15) is 0 Å². The van der Waals surface area contributed by atoms with Gasteiger partial charge in [0.2, 0.25) is 0 Å². The number of benzene rings is 1. The van der Waals surface area contributed by atoms with Gasteiger partial charge in [0.05, 0.1) is 12.7 Å². The van der Waals surface area contributed by atoms with Gasteiger partial charge >= 0.3 is 5.97 Å². The largest absolute Gasteiger partial charge is 0.466 e.